The molecule has 0 aliphatic carbocycles. The summed E-state index contributed by atoms with van der Waals surface area (Å²) in [7, 11) is 1.41. The molecule has 0 N–H and O–H groups in total. The Labute approximate surface area is 104 Å². The fourth-order valence-electron chi connectivity index (χ4n) is 1.97. The maximum absolute atomic E-state index is 11.5. The minimum atomic E-state index is -0.271. The third kappa shape index (κ3) is 3.09. The molecule has 0 fully saturated rings. The zero-order valence-corrected chi connectivity index (χ0v) is 11.6. The summed E-state index contributed by atoms with van der Waals surface area (Å²) in [5.74, 6) is 0.126. The average molecular weight is 234 g/mol. The van der Waals surface area contributed by atoms with Crippen molar-refractivity contribution in [2.75, 3.05) is 7.11 Å². The molecule has 94 valence electrons. The molecular formula is C15H22O2. The van der Waals surface area contributed by atoms with Gasteiger partial charge in [-0.25, -0.2) is 4.79 Å². The second-order valence-electron chi connectivity index (χ2n) is 5.70. The Hall–Kier alpha value is -1.31. The molecule has 0 aliphatic rings. The Morgan fingerprint density at radius 3 is 2.24 bits per heavy atom. The van der Waals surface area contributed by atoms with E-state index in [1.54, 1.807) is 0 Å². The van der Waals surface area contributed by atoms with Crippen molar-refractivity contribution in [1.29, 1.82) is 0 Å². The number of carbonyl (C=O) groups excluding carboxylic acids is 1. The van der Waals surface area contributed by atoms with Crippen LogP contribution in [0.4, 0.5) is 0 Å². The fraction of sp³-hybridized carbons (Fsp3) is 0.533. The minimum absolute atomic E-state index is 0.0915. The molecule has 0 saturated heterocycles. The lowest BCUT2D eigenvalue weighted by atomic mass is 9.80. The molecule has 0 aliphatic heterocycles. The number of benzene rings is 1. The van der Waals surface area contributed by atoms with Crippen LogP contribution in [-0.4, -0.2) is 13.1 Å². The van der Waals surface area contributed by atoms with Gasteiger partial charge in [-0.15, -0.1) is 0 Å². The van der Waals surface area contributed by atoms with E-state index in [-0.39, 0.29) is 11.4 Å². The number of rotatable bonds is 2. The standard InChI is InChI=1S/C15H22O2/c1-10(2)12-9-11(14(16)17-6)7-8-13(12)15(3,4)5/h7-10H,1-6H3. The van der Waals surface area contributed by atoms with E-state index in [1.165, 1.54) is 18.2 Å². The summed E-state index contributed by atoms with van der Waals surface area (Å²) < 4.78 is 4.76. The van der Waals surface area contributed by atoms with Gasteiger partial charge in [0.15, 0.2) is 0 Å². The molecule has 2 nitrogen and oxygen atoms in total. The molecule has 0 radical (unpaired) electrons. The molecule has 2 heteroatoms. The Kier molecular flexibility index (Phi) is 3.97. The van der Waals surface area contributed by atoms with Crippen molar-refractivity contribution >= 4 is 5.97 Å². The highest BCUT2D eigenvalue weighted by molar-refractivity contribution is 5.89. The third-order valence-electron chi connectivity index (χ3n) is 2.90. The van der Waals surface area contributed by atoms with Crippen molar-refractivity contribution < 1.29 is 9.53 Å². The van der Waals surface area contributed by atoms with Crippen LogP contribution < -0.4 is 0 Å². The first-order chi connectivity index (χ1) is 7.77. The van der Waals surface area contributed by atoms with Gasteiger partial charge in [0, 0.05) is 0 Å². The topological polar surface area (TPSA) is 26.3 Å². The van der Waals surface area contributed by atoms with E-state index in [4.69, 9.17) is 4.74 Å². The molecule has 1 aromatic carbocycles. The highest BCUT2D eigenvalue weighted by Gasteiger charge is 2.20. The van der Waals surface area contributed by atoms with Crippen LogP contribution in [0, 0.1) is 0 Å². The lowest BCUT2D eigenvalue weighted by molar-refractivity contribution is 0.0600. The summed E-state index contributed by atoms with van der Waals surface area (Å²) in [5, 5.41) is 0. The van der Waals surface area contributed by atoms with E-state index >= 15 is 0 Å². The Morgan fingerprint density at radius 1 is 1.24 bits per heavy atom. The first-order valence-electron chi connectivity index (χ1n) is 6.00. The minimum Gasteiger partial charge on any atom is -0.465 e. The quantitative estimate of drug-likeness (QED) is 0.725. The van der Waals surface area contributed by atoms with Crippen LogP contribution in [-0.2, 0) is 10.2 Å². The average Bonchev–Trinajstić information content (AvgIpc) is 2.25. The summed E-state index contributed by atoms with van der Waals surface area (Å²) in [5.41, 5.74) is 3.23. The summed E-state index contributed by atoms with van der Waals surface area (Å²) >= 11 is 0. The number of ether oxygens (including phenoxy) is 1. The molecule has 0 unspecified atom stereocenters. The van der Waals surface area contributed by atoms with Gasteiger partial charge < -0.3 is 4.74 Å². The van der Waals surface area contributed by atoms with Gasteiger partial charge in [-0.05, 0) is 34.6 Å². The van der Waals surface area contributed by atoms with E-state index in [1.807, 2.05) is 18.2 Å². The number of methoxy groups -OCH3 is 1. The molecule has 0 spiro atoms. The van der Waals surface area contributed by atoms with Crippen molar-refractivity contribution in [3.63, 3.8) is 0 Å². The van der Waals surface area contributed by atoms with Gasteiger partial charge in [-0.2, -0.15) is 0 Å². The molecule has 0 aromatic heterocycles. The third-order valence-corrected chi connectivity index (χ3v) is 2.90. The van der Waals surface area contributed by atoms with Crippen molar-refractivity contribution in [1.82, 2.24) is 0 Å². The SMILES string of the molecule is COC(=O)c1ccc(C(C)(C)C)c(C(C)C)c1. The number of hydrogen-bond donors (Lipinski definition) is 0. The Morgan fingerprint density at radius 2 is 1.82 bits per heavy atom. The van der Waals surface area contributed by atoms with Gasteiger partial charge in [-0.1, -0.05) is 40.7 Å². The number of carbonyl (C=O) groups is 1. The van der Waals surface area contributed by atoms with Crippen LogP contribution >= 0.6 is 0 Å². The van der Waals surface area contributed by atoms with Crippen molar-refractivity contribution in [2.24, 2.45) is 0 Å². The molecule has 1 aromatic rings. The van der Waals surface area contributed by atoms with Gasteiger partial charge in [0.25, 0.3) is 0 Å². The maximum Gasteiger partial charge on any atom is 0.337 e. The zero-order valence-electron chi connectivity index (χ0n) is 11.6. The largest absolute Gasteiger partial charge is 0.465 e. The van der Waals surface area contributed by atoms with E-state index in [9.17, 15) is 4.79 Å². The molecule has 0 amide bonds. The van der Waals surface area contributed by atoms with Crippen molar-refractivity contribution in [2.45, 2.75) is 46.0 Å². The van der Waals surface area contributed by atoms with Gasteiger partial charge in [0.2, 0.25) is 0 Å². The normalized spacial score (nSPS) is 11.7. The summed E-state index contributed by atoms with van der Waals surface area (Å²) in [6.45, 7) is 10.8. The van der Waals surface area contributed by atoms with Crippen LogP contribution in [0.2, 0.25) is 0 Å². The van der Waals surface area contributed by atoms with E-state index < -0.39 is 0 Å². The van der Waals surface area contributed by atoms with Crippen LogP contribution in [0.15, 0.2) is 18.2 Å². The number of hydrogen-bond acceptors (Lipinski definition) is 2. The second-order valence-corrected chi connectivity index (χ2v) is 5.70. The second kappa shape index (κ2) is 4.91. The maximum atomic E-state index is 11.5. The van der Waals surface area contributed by atoms with Gasteiger partial charge in [0.05, 0.1) is 12.7 Å². The number of esters is 1. The van der Waals surface area contributed by atoms with Gasteiger partial charge >= 0.3 is 5.97 Å². The van der Waals surface area contributed by atoms with Crippen LogP contribution in [0.1, 0.15) is 62.0 Å². The molecule has 0 bridgehead atoms. The monoisotopic (exact) mass is 234 g/mol. The molecule has 0 heterocycles. The highest BCUT2D eigenvalue weighted by Crippen LogP contribution is 2.31. The Bertz CT molecular complexity index is 411. The van der Waals surface area contributed by atoms with Crippen LogP contribution in [0.5, 0.6) is 0 Å². The van der Waals surface area contributed by atoms with Gasteiger partial charge in [-0.3, -0.25) is 0 Å². The molecular weight excluding hydrogens is 212 g/mol. The smallest absolute Gasteiger partial charge is 0.337 e. The predicted molar refractivity (Wildman–Crippen MR) is 70.6 cm³/mol. The highest BCUT2D eigenvalue weighted by atomic mass is 16.5. The fourth-order valence-corrected chi connectivity index (χ4v) is 1.97. The van der Waals surface area contributed by atoms with E-state index in [0.29, 0.717) is 11.5 Å². The summed E-state index contributed by atoms with van der Waals surface area (Å²) in [4.78, 5) is 11.5. The molecule has 0 atom stereocenters. The summed E-state index contributed by atoms with van der Waals surface area (Å²) in [6, 6.07) is 5.84. The first-order valence-corrected chi connectivity index (χ1v) is 6.00. The predicted octanol–water partition coefficient (Wildman–Crippen LogP) is 3.89. The summed E-state index contributed by atoms with van der Waals surface area (Å²) in [6.07, 6.45) is 0. The van der Waals surface area contributed by atoms with Gasteiger partial charge in [0.1, 0.15) is 0 Å². The Balaban J connectivity index is 3.32. The van der Waals surface area contributed by atoms with Crippen molar-refractivity contribution in [3.8, 4) is 0 Å². The molecule has 0 saturated carbocycles. The van der Waals surface area contributed by atoms with Crippen molar-refractivity contribution in [3.05, 3.63) is 34.9 Å². The van der Waals surface area contributed by atoms with E-state index in [2.05, 4.69) is 34.6 Å². The lowest BCUT2D eigenvalue weighted by Gasteiger charge is -2.25. The zero-order chi connectivity index (χ0) is 13.2. The lowest BCUT2D eigenvalue weighted by Crippen LogP contribution is -2.16. The van der Waals surface area contributed by atoms with E-state index in [0.717, 1.165) is 0 Å². The van der Waals surface area contributed by atoms with Crippen LogP contribution in [0.3, 0.4) is 0 Å². The van der Waals surface area contributed by atoms with Crippen LogP contribution in [0.25, 0.3) is 0 Å². The first kappa shape index (κ1) is 13.8. The molecule has 17 heavy (non-hydrogen) atoms. The molecule has 1 rings (SSSR count).